The van der Waals surface area contributed by atoms with Gasteiger partial charge in [-0.1, -0.05) is 18.2 Å². The molecule has 0 spiro atoms. The minimum Gasteiger partial charge on any atom is -0.399 e. The molecule has 0 aliphatic heterocycles. The first-order chi connectivity index (χ1) is 7.59. The largest absolute Gasteiger partial charge is 0.399 e. The van der Waals surface area contributed by atoms with Crippen LogP contribution in [-0.4, -0.2) is 0 Å². The fraction of sp³-hybridized carbons (Fsp3) is 0. The maximum atomic E-state index is 5.92. The van der Waals surface area contributed by atoms with Gasteiger partial charge in [0.1, 0.15) is 0 Å². The van der Waals surface area contributed by atoms with Gasteiger partial charge < -0.3 is 22.9 Å². The summed E-state index contributed by atoms with van der Waals surface area (Å²) in [4.78, 5) is 0. The Hall–Kier alpha value is -1.85. The summed E-state index contributed by atoms with van der Waals surface area (Å²) in [6, 6.07) is 11.0. The van der Waals surface area contributed by atoms with E-state index in [2.05, 4.69) is 0 Å². The third kappa shape index (κ3) is 2.46. The summed E-state index contributed by atoms with van der Waals surface area (Å²) in [5, 5.41) is 0. The van der Waals surface area contributed by atoms with Crippen LogP contribution in [0.5, 0.6) is 0 Å². The normalized spacial score (nSPS) is 9.65. The summed E-state index contributed by atoms with van der Waals surface area (Å²) in [7, 11) is 0. The Morgan fingerprint density at radius 1 is 0.647 bits per heavy atom. The second kappa shape index (κ2) is 4.98. The molecular formula is C12H14CoN4. The molecule has 0 bridgehead atoms. The molecule has 91 valence electrons. The van der Waals surface area contributed by atoms with Crippen LogP contribution in [-0.2, 0) is 16.8 Å². The molecular weight excluding hydrogens is 259 g/mol. The number of hydrogen-bond donors (Lipinski definition) is 4. The first-order valence-electron chi connectivity index (χ1n) is 4.89. The summed E-state index contributed by atoms with van der Waals surface area (Å²) < 4.78 is 0. The summed E-state index contributed by atoms with van der Waals surface area (Å²) in [6.45, 7) is 0. The molecule has 0 fully saturated rings. The van der Waals surface area contributed by atoms with Crippen LogP contribution in [0.25, 0.3) is 11.1 Å². The molecule has 0 unspecified atom stereocenters. The van der Waals surface area contributed by atoms with E-state index in [0.717, 1.165) is 11.1 Å². The van der Waals surface area contributed by atoms with Crippen molar-refractivity contribution in [3.05, 3.63) is 36.4 Å². The summed E-state index contributed by atoms with van der Waals surface area (Å²) in [5.74, 6) is 0. The zero-order valence-electron chi connectivity index (χ0n) is 9.11. The third-order valence-corrected chi connectivity index (χ3v) is 2.54. The first-order valence-corrected chi connectivity index (χ1v) is 4.89. The van der Waals surface area contributed by atoms with Crippen LogP contribution in [0, 0.1) is 0 Å². The van der Waals surface area contributed by atoms with Gasteiger partial charge in [0, 0.05) is 28.0 Å². The topological polar surface area (TPSA) is 104 Å². The third-order valence-electron chi connectivity index (χ3n) is 2.54. The Morgan fingerprint density at radius 2 is 1.24 bits per heavy atom. The molecule has 0 aromatic heterocycles. The monoisotopic (exact) mass is 273 g/mol. The molecule has 2 aromatic rings. The van der Waals surface area contributed by atoms with E-state index in [0.29, 0.717) is 22.7 Å². The van der Waals surface area contributed by atoms with E-state index in [1.165, 1.54) is 0 Å². The Bertz CT molecular complexity index is 523. The molecule has 0 saturated heterocycles. The van der Waals surface area contributed by atoms with Crippen molar-refractivity contribution in [2.75, 3.05) is 22.9 Å². The van der Waals surface area contributed by atoms with Gasteiger partial charge in [0.05, 0.1) is 17.1 Å². The average molecular weight is 273 g/mol. The van der Waals surface area contributed by atoms with Gasteiger partial charge in [-0.15, -0.1) is 0 Å². The van der Waals surface area contributed by atoms with Crippen LogP contribution >= 0.6 is 0 Å². The van der Waals surface area contributed by atoms with Gasteiger partial charge in [-0.3, -0.25) is 0 Å². The van der Waals surface area contributed by atoms with Gasteiger partial charge in [0.25, 0.3) is 0 Å². The summed E-state index contributed by atoms with van der Waals surface area (Å²) in [6.07, 6.45) is 0. The summed E-state index contributed by atoms with van der Waals surface area (Å²) in [5.41, 5.74) is 27.0. The minimum absolute atomic E-state index is 0. The van der Waals surface area contributed by atoms with Crippen LogP contribution in [0.4, 0.5) is 22.7 Å². The minimum atomic E-state index is 0. The van der Waals surface area contributed by atoms with Gasteiger partial charge in [-0.05, 0) is 23.8 Å². The maximum absolute atomic E-state index is 5.92. The van der Waals surface area contributed by atoms with Crippen molar-refractivity contribution in [2.45, 2.75) is 0 Å². The number of anilines is 4. The van der Waals surface area contributed by atoms with Crippen molar-refractivity contribution in [3.8, 4) is 11.1 Å². The molecule has 8 N–H and O–H groups in total. The molecule has 0 amide bonds. The maximum Gasteiger partial charge on any atom is 0.0787 e. The quantitative estimate of drug-likeness (QED) is 0.593. The second-order valence-corrected chi connectivity index (χ2v) is 3.65. The smallest absolute Gasteiger partial charge is 0.0787 e. The number of rotatable bonds is 1. The molecule has 0 heterocycles. The Morgan fingerprint density at radius 3 is 1.82 bits per heavy atom. The molecule has 5 heteroatoms. The van der Waals surface area contributed by atoms with E-state index >= 15 is 0 Å². The SMILES string of the molecule is Nc1ccc(-c2ccc(N)c(N)c2N)cc1.[Co]. The molecule has 17 heavy (non-hydrogen) atoms. The standard InChI is InChI=1S/C12H14N4.Co/c13-8-3-1-7(2-4-8)9-5-6-10(14)12(16)11(9)15;/h1-6H,13-16H2;. The van der Waals surface area contributed by atoms with E-state index < -0.39 is 0 Å². The van der Waals surface area contributed by atoms with Gasteiger partial charge in [-0.2, -0.15) is 0 Å². The van der Waals surface area contributed by atoms with Crippen molar-refractivity contribution in [3.63, 3.8) is 0 Å². The molecule has 2 rings (SSSR count). The molecule has 4 nitrogen and oxygen atoms in total. The van der Waals surface area contributed by atoms with Crippen molar-refractivity contribution in [1.29, 1.82) is 0 Å². The average Bonchev–Trinajstić information content (AvgIpc) is 2.28. The van der Waals surface area contributed by atoms with E-state index in [-0.39, 0.29) is 16.8 Å². The number of benzene rings is 2. The predicted octanol–water partition coefficient (Wildman–Crippen LogP) is 1.68. The molecule has 0 atom stereocenters. The van der Waals surface area contributed by atoms with E-state index in [4.69, 9.17) is 22.9 Å². The van der Waals surface area contributed by atoms with E-state index in [9.17, 15) is 0 Å². The Kier molecular flexibility index (Phi) is 3.87. The number of nitrogens with two attached hydrogens (primary N) is 4. The second-order valence-electron chi connectivity index (χ2n) is 3.65. The van der Waals surface area contributed by atoms with Crippen LogP contribution < -0.4 is 22.9 Å². The fourth-order valence-corrected chi connectivity index (χ4v) is 1.57. The van der Waals surface area contributed by atoms with E-state index in [1.54, 1.807) is 6.07 Å². The van der Waals surface area contributed by atoms with Gasteiger partial charge in [0.15, 0.2) is 0 Å². The number of hydrogen-bond acceptors (Lipinski definition) is 4. The van der Waals surface area contributed by atoms with Gasteiger partial charge in [0.2, 0.25) is 0 Å². The van der Waals surface area contributed by atoms with Crippen molar-refractivity contribution >= 4 is 22.7 Å². The van der Waals surface area contributed by atoms with Crippen molar-refractivity contribution in [2.24, 2.45) is 0 Å². The molecule has 1 radical (unpaired) electrons. The summed E-state index contributed by atoms with van der Waals surface area (Å²) >= 11 is 0. The fourth-order valence-electron chi connectivity index (χ4n) is 1.57. The van der Waals surface area contributed by atoms with Crippen LogP contribution in [0.3, 0.4) is 0 Å². The van der Waals surface area contributed by atoms with Crippen molar-refractivity contribution < 1.29 is 16.8 Å². The Labute approximate surface area is 110 Å². The van der Waals surface area contributed by atoms with Gasteiger partial charge in [-0.25, -0.2) is 0 Å². The molecule has 0 aliphatic rings. The first kappa shape index (κ1) is 13.2. The predicted molar refractivity (Wildman–Crippen MR) is 69.5 cm³/mol. The zero-order chi connectivity index (χ0) is 11.7. The van der Waals surface area contributed by atoms with Crippen LogP contribution in [0.1, 0.15) is 0 Å². The zero-order valence-corrected chi connectivity index (χ0v) is 10.1. The van der Waals surface area contributed by atoms with E-state index in [1.807, 2.05) is 30.3 Å². The van der Waals surface area contributed by atoms with Gasteiger partial charge >= 0.3 is 0 Å². The number of nitrogen functional groups attached to an aromatic ring is 4. The van der Waals surface area contributed by atoms with Crippen LogP contribution in [0.15, 0.2) is 36.4 Å². The molecule has 0 saturated carbocycles. The Balaban J connectivity index is 0.00000144. The molecule has 0 aliphatic carbocycles. The van der Waals surface area contributed by atoms with Crippen molar-refractivity contribution in [1.82, 2.24) is 0 Å². The molecule has 2 aromatic carbocycles. The van der Waals surface area contributed by atoms with Crippen LogP contribution in [0.2, 0.25) is 0 Å².